The lowest BCUT2D eigenvalue weighted by Gasteiger charge is -2.12. The zero-order chi connectivity index (χ0) is 14.4. The van der Waals surface area contributed by atoms with Gasteiger partial charge in [0, 0.05) is 6.08 Å². The van der Waals surface area contributed by atoms with Gasteiger partial charge >= 0.3 is 0 Å². The molecule has 1 N–H and O–H groups in total. The van der Waals surface area contributed by atoms with Crippen LogP contribution in [0.3, 0.4) is 0 Å². The Hall–Kier alpha value is -2.42. The number of carbonyl (C=O) groups is 1. The van der Waals surface area contributed by atoms with Crippen LogP contribution < -0.4 is 5.32 Å². The molecule has 0 aliphatic heterocycles. The summed E-state index contributed by atoms with van der Waals surface area (Å²) in [6, 6.07) is 15.7. The monoisotopic (exact) mass is 269 g/mol. The lowest BCUT2D eigenvalue weighted by atomic mass is 10.1. The molecule has 102 valence electrons. The van der Waals surface area contributed by atoms with E-state index >= 15 is 0 Å². The van der Waals surface area contributed by atoms with E-state index in [-0.39, 0.29) is 17.8 Å². The van der Waals surface area contributed by atoms with Crippen molar-refractivity contribution in [3.8, 4) is 0 Å². The van der Waals surface area contributed by atoms with Gasteiger partial charge in [-0.1, -0.05) is 42.5 Å². The molecule has 0 radical (unpaired) electrons. The second-order valence-electron chi connectivity index (χ2n) is 4.53. The van der Waals surface area contributed by atoms with Crippen LogP contribution >= 0.6 is 0 Å². The molecule has 2 rings (SSSR count). The fourth-order valence-corrected chi connectivity index (χ4v) is 1.83. The summed E-state index contributed by atoms with van der Waals surface area (Å²) in [5, 5.41) is 2.88. The maximum absolute atomic E-state index is 12.7. The SMILES string of the molecule is C[C@@H](NC(=O)C=Cc1ccc(F)cc1)c1ccccc1. The number of benzene rings is 2. The minimum atomic E-state index is -0.288. The predicted molar refractivity (Wildman–Crippen MR) is 78.4 cm³/mol. The van der Waals surface area contributed by atoms with E-state index in [0.717, 1.165) is 11.1 Å². The molecule has 0 saturated heterocycles. The first-order valence-electron chi connectivity index (χ1n) is 6.44. The summed E-state index contributed by atoms with van der Waals surface area (Å²) in [5.41, 5.74) is 1.84. The minimum Gasteiger partial charge on any atom is -0.346 e. The first kappa shape index (κ1) is 14.0. The van der Waals surface area contributed by atoms with Crippen molar-refractivity contribution in [2.45, 2.75) is 13.0 Å². The smallest absolute Gasteiger partial charge is 0.244 e. The standard InChI is InChI=1S/C17H16FNO/c1-13(15-5-3-2-4-6-15)19-17(20)12-9-14-7-10-16(18)11-8-14/h2-13H,1H3,(H,19,20)/t13-/m1/s1. The largest absolute Gasteiger partial charge is 0.346 e. The lowest BCUT2D eigenvalue weighted by Crippen LogP contribution is -2.24. The summed E-state index contributed by atoms with van der Waals surface area (Å²) in [7, 11) is 0. The van der Waals surface area contributed by atoms with E-state index in [1.165, 1.54) is 18.2 Å². The summed E-state index contributed by atoms with van der Waals surface area (Å²) in [6.45, 7) is 1.93. The van der Waals surface area contributed by atoms with Gasteiger partial charge in [-0.25, -0.2) is 4.39 Å². The third-order valence-corrected chi connectivity index (χ3v) is 2.96. The fourth-order valence-electron chi connectivity index (χ4n) is 1.83. The van der Waals surface area contributed by atoms with Crippen LogP contribution in [0.2, 0.25) is 0 Å². The molecule has 0 fully saturated rings. The van der Waals surface area contributed by atoms with E-state index in [9.17, 15) is 9.18 Å². The number of hydrogen-bond donors (Lipinski definition) is 1. The van der Waals surface area contributed by atoms with E-state index in [1.54, 1.807) is 18.2 Å². The van der Waals surface area contributed by atoms with Gasteiger partial charge in [0.1, 0.15) is 5.82 Å². The van der Waals surface area contributed by atoms with E-state index in [2.05, 4.69) is 5.32 Å². The number of halogens is 1. The Kier molecular flexibility index (Phi) is 4.66. The Bertz CT molecular complexity index is 590. The fraction of sp³-hybridized carbons (Fsp3) is 0.118. The Morgan fingerprint density at radius 3 is 2.40 bits per heavy atom. The van der Waals surface area contributed by atoms with Crippen LogP contribution in [0.25, 0.3) is 6.08 Å². The molecule has 0 unspecified atom stereocenters. The molecule has 2 aromatic rings. The number of nitrogens with one attached hydrogen (secondary N) is 1. The summed E-state index contributed by atoms with van der Waals surface area (Å²) < 4.78 is 12.7. The average Bonchev–Trinajstić information content (AvgIpc) is 2.47. The second-order valence-corrected chi connectivity index (χ2v) is 4.53. The molecule has 0 spiro atoms. The van der Waals surface area contributed by atoms with Crippen LogP contribution in [0, 0.1) is 5.82 Å². The van der Waals surface area contributed by atoms with E-state index in [1.807, 2.05) is 37.3 Å². The molecule has 0 aliphatic rings. The van der Waals surface area contributed by atoms with Crippen LogP contribution in [0.1, 0.15) is 24.1 Å². The van der Waals surface area contributed by atoms with Crippen molar-refractivity contribution in [1.82, 2.24) is 5.32 Å². The zero-order valence-corrected chi connectivity index (χ0v) is 11.2. The van der Waals surface area contributed by atoms with Gasteiger partial charge in [-0.2, -0.15) is 0 Å². The van der Waals surface area contributed by atoms with E-state index in [4.69, 9.17) is 0 Å². The normalized spacial score (nSPS) is 12.3. The highest BCUT2D eigenvalue weighted by atomic mass is 19.1. The molecule has 20 heavy (non-hydrogen) atoms. The Morgan fingerprint density at radius 2 is 1.75 bits per heavy atom. The molecule has 2 nitrogen and oxygen atoms in total. The van der Waals surface area contributed by atoms with Gasteiger partial charge in [-0.15, -0.1) is 0 Å². The zero-order valence-electron chi connectivity index (χ0n) is 11.2. The number of amides is 1. The number of hydrogen-bond acceptors (Lipinski definition) is 1. The lowest BCUT2D eigenvalue weighted by molar-refractivity contribution is -0.117. The molecule has 3 heteroatoms. The van der Waals surface area contributed by atoms with Crippen molar-refractivity contribution in [3.63, 3.8) is 0 Å². The van der Waals surface area contributed by atoms with Gasteiger partial charge in [0.15, 0.2) is 0 Å². The van der Waals surface area contributed by atoms with Crippen molar-refractivity contribution in [2.75, 3.05) is 0 Å². The van der Waals surface area contributed by atoms with E-state index in [0.29, 0.717) is 0 Å². The number of rotatable bonds is 4. The van der Waals surface area contributed by atoms with Crippen LogP contribution in [0.4, 0.5) is 4.39 Å². The quantitative estimate of drug-likeness (QED) is 0.842. The molecular weight excluding hydrogens is 253 g/mol. The van der Waals surface area contributed by atoms with E-state index < -0.39 is 0 Å². The number of carbonyl (C=O) groups excluding carboxylic acids is 1. The van der Waals surface area contributed by atoms with Crippen molar-refractivity contribution in [1.29, 1.82) is 0 Å². The summed E-state index contributed by atoms with van der Waals surface area (Å²) >= 11 is 0. The molecule has 0 bridgehead atoms. The molecule has 0 saturated carbocycles. The molecule has 0 aliphatic carbocycles. The summed E-state index contributed by atoms with van der Waals surface area (Å²) in [4.78, 5) is 11.8. The van der Waals surface area contributed by atoms with Crippen LogP contribution in [0.5, 0.6) is 0 Å². The van der Waals surface area contributed by atoms with Gasteiger partial charge in [0.2, 0.25) is 5.91 Å². The minimum absolute atomic E-state index is 0.0541. The molecular formula is C17H16FNO. The van der Waals surface area contributed by atoms with Gasteiger partial charge in [-0.3, -0.25) is 4.79 Å². The molecule has 1 amide bonds. The van der Waals surface area contributed by atoms with Gasteiger partial charge in [0.25, 0.3) is 0 Å². The van der Waals surface area contributed by atoms with Crippen molar-refractivity contribution in [3.05, 3.63) is 77.6 Å². The van der Waals surface area contributed by atoms with Crippen LogP contribution in [-0.4, -0.2) is 5.91 Å². The molecule has 1 atom stereocenters. The highest BCUT2D eigenvalue weighted by molar-refractivity contribution is 5.91. The van der Waals surface area contributed by atoms with Crippen molar-refractivity contribution >= 4 is 12.0 Å². The Labute approximate surface area is 118 Å². The van der Waals surface area contributed by atoms with Gasteiger partial charge in [-0.05, 0) is 36.3 Å². The maximum Gasteiger partial charge on any atom is 0.244 e. The summed E-state index contributed by atoms with van der Waals surface area (Å²) in [5.74, 6) is -0.463. The van der Waals surface area contributed by atoms with Crippen molar-refractivity contribution in [2.24, 2.45) is 0 Å². The van der Waals surface area contributed by atoms with Crippen molar-refractivity contribution < 1.29 is 9.18 Å². The molecule has 0 aromatic heterocycles. The topological polar surface area (TPSA) is 29.1 Å². The molecule has 2 aromatic carbocycles. The Morgan fingerprint density at radius 1 is 1.10 bits per heavy atom. The molecule has 0 heterocycles. The highest BCUT2D eigenvalue weighted by Gasteiger charge is 2.06. The van der Waals surface area contributed by atoms with Gasteiger partial charge < -0.3 is 5.32 Å². The third-order valence-electron chi connectivity index (χ3n) is 2.96. The van der Waals surface area contributed by atoms with Crippen LogP contribution in [0.15, 0.2) is 60.7 Å². The second kappa shape index (κ2) is 6.66. The Balaban J connectivity index is 1.94. The predicted octanol–water partition coefficient (Wildman–Crippen LogP) is 3.72. The third kappa shape index (κ3) is 4.05. The highest BCUT2D eigenvalue weighted by Crippen LogP contribution is 2.11. The summed E-state index contributed by atoms with van der Waals surface area (Å²) in [6.07, 6.45) is 3.11. The van der Waals surface area contributed by atoms with Gasteiger partial charge in [0.05, 0.1) is 6.04 Å². The maximum atomic E-state index is 12.7. The average molecular weight is 269 g/mol. The first-order chi connectivity index (χ1) is 9.65. The first-order valence-corrected chi connectivity index (χ1v) is 6.44. The van der Waals surface area contributed by atoms with Crippen LogP contribution in [-0.2, 0) is 4.79 Å².